The summed E-state index contributed by atoms with van der Waals surface area (Å²) in [7, 11) is 0. The molecule has 1 amide bonds. The molecule has 0 radical (unpaired) electrons. The predicted octanol–water partition coefficient (Wildman–Crippen LogP) is 1.19. The molecule has 1 aromatic heterocycles. The molecule has 0 unspecified atom stereocenters. The third-order valence-corrected chi connectivity index (χ3v) is 3.96. The van der Waals surface area contributed by atoms with Crippen molar-refractivity contribution in [2.45, 2.75) is 63.7 Å². The molecule has 2 fully saturated rings. The standard InChI is InChI=1S/C14H22N4O/c19-14(17-12-3-1-2-4-12)10-18-8-7-15-13(18)9-16-11-5-6-11/h7-8,11-12,16H,1-6,9-10H2,(H,17,19). The molecule has 5 heteroatoms. The summed E-state index contributed by atoms with van der Waals surface area (Å²) in [5, 5.41) is 6.54. The van der Waals surface area contributed by atoms with Crippen molar-refractivity contribution in [1.29, 1.82) is 0 Å². The van der Waals surface area contributed by atoms with Gasteiger partial charge in [-0.05, 0) is 25.7 Å². The molecule has 0 bridgehead atoms. The molecule has 2 saturated carbocycles. The Morgan fingerprint density at radius 3 is 2.79 bits per heavy atom. The first-order valence-corrected chi connectivity index (χ1v) is 7.34. The predicted molar refractivity (Wildman–Crippen MR) is 72.5 cm³/mol. The van der Waals surface area contributed by atoms with Crippen LogP contribution in [0.5, 0.6) is 0 Å². The smallest absolute Gasteiger partial charge is 0.240 e. The first-order valence-electron chi connectivity index (χ1n) is 7.34. The highest BCUT2D eigenvalue weighted by atomic mass is 16.2. The Labute approximate surface area is 113 Å². The molecule has 104 valence electrons. The van der Waals surface area contributed by atoms with Crippen molar-refractivity contribution >= 4 is 5.91 Å². The van der Waals surface area contributed by atoms with Crippen molar-refractivity contribution in [3.05, 3.63) is 18.2 Å². The maximum absolute atomic E-state index is 12.0. The van der Waals surface area contributed by atoms with Gasteiger partial charge in [0.05, 0.1) is 6.54 Å². The largest absolute Gasteiger partial charge is 0.352 e. The number of rotatable bonds is 6. The topological polar surface area (TPSA) is 59.0 Å². The molecule has 0 aliphatic heterocycles. The molecule has 2 aliphatic carbocycles. The minimum absolute atomic E-state index is 0.109. The summed E-state index contributed by atoms with van der Waals surface area (Å²) in [6.45, 7) is 1.15. The lowest BCUT2D eigenvalue weighted by Crippen LogP contribution is -2.35. The Morgan fingerprint density at radius 2 is 2.05 bits per heavy atom. The molecule has 0 aromatic carbocycles. The van der Waals surface area contributed by atoms with Crippen molar-refractivity contribution in [2.75, 3.05) is 0 Å². The van der Waals surface area contributed by atoms with Crippen LogP contribution in [0.3, 0.4) is 0 Å². The van der Waals surface area contributed by atoms with E-state index in [0.29, 0.717) is 18.6 Å². The summed E-state index contributed by atoms with van der Waals surface area (Å²) in [5.74, 6) is 1.06. The number of hydrogen-bond donors (Lipinski definition) is 2. The zero-order chi connectivity index (χ0) is 13.1. The van der Waals surface area contributed by atoms with E-state index in [1.165, 1.54) is 25.7 Å². The molecule has 2 aliphatic rings. The van der Waals surface area contributed by atoms with Gasteiger partial charge in [0.15, 0.2) is 0 Å². The molecule has 5 nitrogen and oxygen atoms in total. The summed E-state index contributed by atoms with van der Waals surface area (Å²) < 4.78 is 1.94. The minimum Gasteiger partial charge on any atom is -0.352 e. The third kappa shape index (κ3) is 3.56. The number of aromatic nitrogens is 2. The minimum atomic E-state index is 0.109. The van der Waals surface area contributed by atoms with Crippen molar-refractivity contribution in [1.82, 2.24) is 20.2 Å². The summed E-state index contributed by atoms with van der Waals surface area (Å²) in [5.41, 5.74) is 0. The Kier molecular flexibility index (Phi) is 3.82. The van der Waals surface area contributed by atoms with Crippen molar-refractivity contribution in [2.24, 2.45) is 0 Å². The van der Waals surface area contributed by atoms with Crippen LogP contribution in [0.25, 0.3) is 0 Å². The first kappa shape index (κ1) is 12.7. The van der Waals surface area contributed by atoms with Gasteiger partial charge in [-0.15, -0.1) is 0 Å². The van der Waals surface area contributed by atoms with Crippen molar-refractivity contribution in [3.63, 3.8) is 0 Å². The fourth-order valence-electron chi connectivity index (χ4n) is 2.67. The van der Waals surface area contributed by atoms with Gasteiger partial charge in [-0.1, -0.05) is 12.8 Å². The van der Waals surface area contributed by atoms with E-state index < -0.39 is 0 Å². The summed E-state index contributed by atoms with van der Waals surface area (Å²) in [4.78, 5) is 16.3. The zero-order valence-corrected chi connectivity index (χ0v) is 11.3. The van der Waals surface area contributed by atoms with E-state index in [1.54, 1.807) is 6.20 Å². The van der Waals surface area contributed by atoms with Crippen LogP contribution in [0.15, 0.2) is 12.4 Å². The molecule has 1 aromatic rings. The highest BCUT2D eigenvalue weighted by Gasteiger charge is 2.21. The van der Waals surface area contributed by atoms with Gasteiger partial charge in [0.2, 0.25) is 5.91 Å². The highest BCUT2D eigenvalue weighted by Crippen LogP contribution is 2.19. The lowest BCUT2D eigenvalue weighted by atomic mass is 10.2. The Balaban J connectivity index is 1.50. The molecule has 0 atom stereocenters. The second kappa shape index (κ2) is 5.74. The number of nitrogens with one attached hydrogen (secondary N) is 2. The second-order valence-corrected chi connectivity index (χ2v) is 5.68. The zero-order valence-electron chi connectivity index (χ0n) is 11.3. The van der Waals surface area contributed by atoms with Gasteiger partial charge in [0.25, 0.3) is 0 Å². The number of hydrogen-bond acceptors (Lipinski definition) is 3. The monoisotopic (exact) mass is 262 g/mol. The second-order valence-electron chi connectivity index (χ2n) is 5.68. The van der Waals surface area contributed by atoms with E-state index in [2.05, 4.69) is 15.6 Å². The SMILES string of the molecule is O=C(Cn1ccnc1CNC1CC1)NC1CCCC1. The summed E-state index contributed by atoms with van der Waals surface area (Å²) in [6, 6.07) is 1.06. The molecule has 2 N–H and O–H groups in total. The van der Waals surface area contributed by atoms with E-state index in [9.17, 15) is 4.79 Å². The number of amides is 1. The average molecular weight is 262 g/mol. The van der Waals surface area contributed by atoms with Crippen LogP contribution in [0.4, 0.5) is 0 Å². The molecule has 3 rings (SSSR count). The van der Waals surface area contributed by atoms with Gasteiger partial charge in [0, 0.05) is 24.5 Å². The fourth-order valence-corrected chi connectivity index (χ4v) is 2.67. The van der Waals surface area contributed by atoms with Crippen LogP contribution in [-0.4, -0.2) is 27.5 Å². The van der Waals surface area contributed by atoms with Crippen LogP contribution in [0.1, 0.15) is 44.3 Å². The van der Waals surface area contributed by atoms with Gasteiger partial charge < -0.3 is 15.2 Å². The molecular weight excluding hydrogens is 240 g/mol. The van der Waals surface area contributed by atoms with E-state index in [4.69, 9.17) is 0 Å². The van der Waals surface area contributed by atoms with E-state index in [0.717, 1.165) is 25.2 Å². The summed E-state index contributed by atoms with van der Waals surface area (Å²) in [6.07, 6.45) is 10.9. The molecule has 19 heavy (non-hydrogen) atoms. The van der Waals surface area contributed by atoms with Gasteiger partial charge >= 0.3 is 0 Å². The van der Waals surface area contributed by atoms with Crippen molar-refractivity contribution < 1.29 is 4.79 Å². The third-order valence-electron chi connectivity index (χ3n) is 3.96. The Morgan fingerprint density at radius 1 is 1.26 bits per heavy atom. The number of carbonyl (C=O) groups is 1. The van der Waals surface area contributed by atoms with Crippen LogP contribution in [0, 0.1) is 0 Å². The van der Waals surface area contributed by atoms with Gasteiger partial charge in [-0.25, -0.2) is 4.98 Å². The van der Waals surface area contributed by atoms with Gasteiger partial charge in [-0.2, -0.15) is 0 Å². The molecular formula is C14H22N4O. The van der Waals surface area contributed by atoms with E-state index >= 15 is 0 Å². The maximum atomic E-state index is 12.0. The molecule has 0 saturated heterocycles. The highest BCUT2D eigenvalue weighted by molar-refractivity contribution is 5.76. The summed E-state index contributed by atoms with van der Waals surface area (Å²) >= 11 is 0. The number of nitrogens with zero attached hydrogens (tertiary/aromatic N) is 2. The van der Waals surface area contributed by atoms with Gasteiger partial charge in [-0.3, -0.25) is 4.79 Å². The van der Waals surface area contributed by atoms with Gasteiger partial charge in [0.1, 0.15) is 12.4 Å². The van der Waals surface area contributed by atoms with Crippen LogP contribution in [-0.2, 0) is 17.9 Å². The van der Waals surface area contributed by atoms with Crippen LogP contribution in [0.2, 0.25) is 0 Å². The fraction of sp³-hybridized carbons (Fsp3) is 0.714. The van der Waals surface area contributed by atoms with E-state index in [-0.39, 0.29) is 5.91 Å². The van der Waals surface area contributed by atoms with E-state index in [1.807, 2.05) is 10.8 Å². The lowest BCUT2D eigenvalue weighted by Gasteiger charge is -2.13. The Bertz CT molecular complexity index is 432. The molecule has 0 spiro atoms. The number of carbonyl (C=O) groups excluding carboxylic acids is 1. The van der Waals surface area contributed by atoms with Crippen LogP contribution < -0.4 is 10.6 Å². The normalized spacial score (nSPS) is 19.8. The lowest BCUT2D eigenvalue weighted by molar-refractivity contribution is -0.122. The number of imidazole rings is 1. The first-order chi connectivity index (χ1) is 9.31. The quantitative estimate of drug-likeness (QED) is 0.809. The Hall–Kier alpha value is -1.36. The van der Waals surface area contributed by atoms with Crippen LogP contribution >= 0.6 is 0 Å². The molecule has 1 heterocycles. The average Bonchev–Trinajstić information content (AvgIpc) is 2.89. The van der Waals surface area contributed by atoms with Crippen molar-refractivity contribution in [3.8, 4) is 0 Å². The maximum Gasteiger partial charge on any atom is 0.240 e.